The van der Waals surface area contributed by atoms with Gasteiger partial charge >= 0.3 is 0 Å². The fourth-order valence-electron chi connectivity index (χ4n) is 2.17. The molecule has 106 valence electrons. The summed E-state index contributed by atoms with van der Waals surface area (Å²) in [4.78, 5) is 12.2. The van der Waals surface area contributed by atoms with Crippen molar-refractivity contribution in [3.8, 4) is 0 Å². The molecule has 0 radical (unpaired) electrons. The molecule has 1 unspecified atom stereocenters. The van der Waals surface area contributed by atoms with Crippen LogP contribution >= 0.6 is 0 Å². The molecule has 3 N–H and O–H groups in total. The summed E-state index contributed by atoms with van der Waals surface area (Å²) < 4.78 is 5.28. The van der Waals surface area contributed by atoms with Crippen LogP contribution in [0.2, 0.25) is 0 Å². The average Bonchev–Trinajstić information content (AvgIpc) is 2.96. The minimum Gasteiger partial charge on any atom is -0.469 e. The highest BCUT2D eigenvalue weighted by Gasteiger charge is 2.17. The summed E-state index contributed by atoms with van der Waals surface area (Å²) in [5.41, 5.74) is 7.51. The molecule has 0 aliphatic rings. The molecule has 0 spiro atoms. The van der Waals surface area contributed by atoms with Crippen molar-refractivity contribution < 1.29 is 9.21 Å². The zero-order valence-corrected chi connectivity index (χ0v) is 11.6. The number of amides is 1. The zero-order valence-electron chi connectivity index (χ0n) is 11.6. The average molecular weight is 272 g/mol. The SMILES string of the molecule is CCc1occc1C(=O)NC(CN)Cc1ccccc1. The standard InChI is InChI=1S/C16H20N2O2/c1-2-15-14(8-9-20-15)16(19)18-13(11-17)10-12-6-4-3-5-7-12/h3-9,13H,2,10-11,17H2,1H3,(H,18,19). The molecular formula is C16H20N2O2. The topological polar surface area (TPSA) is 68.3 Å². The third kappa shape index (κ3) is 3.48. The van der Waals surface area contributed by atoms with E-state index in [1.807, 2.05) is 37.3 Å². The maximum atomic E-state index is 12.2. The van der Waals surface area contributed by atoms with E-state index in [4.69, 9.17) is 10.2 Å². The summed E-state index contributed by atoms with van der Waals surface area (Å²) in [6.07, 6.45) is 2.96. The van der Waals surface area contributed by atoms with E-state index in [0.29, 0.717) is 24.3 Å². The first-order valence-corrected chi connectivity index (χ1v) is 6.85. The third-order valence-corrected chi connectivity index (χ3v) is 3.26. The van der Waals surface area contributed by atoms with Gasteiger partial charge in [-0.1, -0.05) is 37.3 Å². The second-order valence-electron chi connectivity index (χ2n) is 4.71. The van der Waals surface area contributed by atoms with E-state index in [1.54, 1.807) is 12.3 Å². The third-order valence-electron chi connectivity index (χ3n) is 3.26. The summed E-state index contributed by atoms with van der Waals surface area (Å²) >= 11 is 0. The number of benzene rings is 1. The first-order valence-electron chi connectivity index (χ1n) is 6.85. The molecule has 0 aliphatic heterocycles. The first-order chi connectivity index (χ1) is 9.74. The van der Waals surface area contributed by atoms with Crippen LogP contribution in [0.4, 0.5) is 0 Å². The molecule has 1 heterocycles. The molecule has 0 saturated heterocycles. The van der Waals surface area contributed by atoms with Crippen LogP contribution in [-0.2, 0) is 12.8 Å². The van der Waals surface area contributed by atoms with Crippen molar-refractivity contribution in [1.29, 1.82) is 0 Å². The van der Waals surface area contributed by atoms with Crippen LogP contribution in [0.25, 0.3) is 0 Å². The number of carbonyl (C=O) groups is 1. The van der Waals surface area contributed by atoms with Gasteiger partial charge in [0.25, 0.3) is 5.91 Å². The van der Waals surface area contributed by atoms with Gasteiger partial charge in [0.1, 0.15) is 5.76 Å². The van der Waals surface area contributed by atoms with E-state index >= 15 is 0 Å². The Morgan fingerprint density at radius 2 is 2.05 bits per heavy atom. The predicted molar refractivity (Wildman–Crippen MR) is 78.5 cm³/mol. The van der Waals surface area contributed by atoms with Gasteiger partial charge in [-0.25, -0.2) is 0 Å². The molecule has 2 rings (SSSR count). The number of nitrogens with two attached hydrogens (primary N) is 1. The number of carbonyl (C=O) groups excluding carboxylic acids is 1. The van der Waals surface area contributed by atoms with E-state index in [-0.39, 0.29) is 11.9 Å². The van der Waals surface area contributed by atoms with E-state index in [9.17, 15) is 4.79 Å². The van der Waals surface area contributed by atoms with Crippen LogP contribution < -0.4 is 11.1 Å². The summed E-state index contributed by atoms with van der Waals surface area (Å²) in [6, 6.07) is 11.6. The second-order valence-corrected chi connectivity index (χ2v) is 4.71. The van der Waals surface area contributed by atoms with E-state index < -0.39 is 0 Å². The quantitative estimate of drug-likeness (QED) is 0.846. The highest BCUT2D eigenvalue weighted by atomic mass is 16.3. The van der Waals surface area contributed by atoms with Crippen LogP contribution in [0, 0.1) is 0 Å². The van der Waals surface area contributed by atoms with Gasteiger partial charge in [-0.3, -0.25) is 4.79 Å². The predicted octanol–water partition coefficient (Wildman–Crippen LogP) is 2.14. The van der Waals surface area contributed by atoms with Crippen molar-refractivity contribution in [3.63, 3.8) is 0 Å². The van der Waals surface area contributed by atoms with Crippen molar-refractivity contribution in [2.24, 2.45) is 5.73 Å². The molecule has 1 amide bonds. The number of furan rings is 1. The van der Waals surface area contributed by atoms with Gasteiger partial charge in [0.15, 0.2) is 0 Å². The molecule has 1 atom stereocenters. The molecule has 0 bridgehead atoms. The fraction of sp³-hybridized carbons (Fsp3) is 0.312. The maximum Gasteiger partial charge on any atom is 0.255 e. The van der Waals surface area contributed by atoms with Crippen LogP contribution in [0.5, 0.6) is 0 Å². The van der Waals surface area contributed by atoms with Crippen LogP contribution in [0.15, 0.2) is 47.1 Å². The lowest BCUT2D eigenvalue weighted by Crippen LogP contribution is -2.41. The summed E-state index contributed by atoms with van der Waals surface area (Å²) in [7, 11) is 0. The Labute approximate surface area is 119 Å². The van der Waals surface area contributed by atoms with Crippen molar-refractivity contribution in [2.75, 3.05) is 6.54 Å². The van der Waals surface area contributed by atoms with Crippen molar-refractivity contribution in [2.45, 2.75) is 25.8 Å². The van der Waals surface area contributed by atoms with Crippen LogP contribution in [0.3, 0.4) is 0 Å². The van der Waals surface area contributed by atoms with Gasteiger partial charge in [-0.2, -0.15) is 0 Å². The lowest BCUT2D eigenvalue weighted by atomic mass is 10.1. The maximum absolute atomic E-state index is 12.2. The Balaban J connectivity index is 2.01. The van der Waals surface area contributed by atoms with Gasteiger partial charge < -0.3 is 15.5 Å². The van der Waals surface area contributed by atoms with Crippen LogP contribution in [-0.4, -0.2) is 18.5 Å². The van der Waals surface area contributed by atoms with Gasteiger partial charge in [0.05, 0.1) is 11.8 Å². The lowest BCUT2D eigenvalue weighted by Gasteiger charge is -2.16. The van der Waals surface area contributed by atoms with E-state index in [1.165, 1.54) is 0 Å². The monoisotopic (exact) mass is 272 g/mol. The first kappa shape index (κ1) is 14.3. The molecule has 1 aromatic carbocycles. The number of nitrogens with one attached hydrogen (secondary N) is 1. The van der Waals surface area contributed by atoms with E-state index in [2.05, 4.69) is 5.32 Å². The largest absolute Gasteiger partial charge is 0.469 e. The molecular weight excluding hydrogens is 252 g/mol. The molecule has 4 nitrogen and oxygen atoms in total. The normalized spacial score (nSPS) is 12.1. The Kier molecular flexibility index (Phi) is 4.96. The smallest absolute Gasteiger partial charge is 0.255 e. The minimum absolute atomic E-state index is 0.0792. The lowest BCUT2D eigenvalue weighted by molar-refractivity contribution is 0.0936. The van der Waals surface area contributed by atoms with Crippen molar-refractivity contribution >= 4 is 5.91 Å². The number of hydrogen-bond donors (Lipinski definition) is 2. The highest BCUT2D eigenvalue weighted by Crippen LogP contribution is 2.11. The van der Waals surface area contributed by atoms with Crippen molar-refractivity contribution in [1.82, 2.24) is 5.32 Å². The number of rotatable bonds is 6. The Morgan fingerprint density at radius 3 is 2.70 bits per heavy atom. The van der Waals surface area contributed by atoms with Crippen LogP contribution in [0.1, 0.15) is 28.6 Å². The van der Waals surface area contributed by atoms with Gasteiger partial charge in [-0.05, 0) is 18.1 Å². The minimum atomic E-state index is -0.123. The fourth-order valence-corrected chi connectivity index (χ4v) is 2.17. The van der Waals surface area contributed by atoms with Gasteiger partial charge in [0.2, 0.25) is 0 Å². The number of aryl methyl sites for hydroxylation is 1. The Hall–Kier alpha value is -2.07. The molecule has 1 aromatic heterocycles. The molecule has 0 fully saturated rings. The second kappa shape index (κ2) is 6.91. The highest BCUT2D eigenvalue weighted by molar-refractivity contribution is 5.95. The molecule has 0 saturated carbocycles. The Morgan fingerprint density at radius 1 is 1.30 bits per heavy atom. The van der Waals surface area contributed by atoms with Gasteiger partial charge in [-0.15, -0.1) is 0 Å². The van der Waals surface area contributed by atoms with E-state index in [0.717, 1.165) is 12.0 Å². The number of hydrogen-bond acceptors (Lipinski definition) is 3. The molecule has 0 aliphatic carbocycles. The van der Waals surface area contributed by atoms with Gasteiger partial charge in [0, 0.05) is 19.0 Å². The zero-order chi connectivity index (χ0) is 14.4. The summed E-state index contributed by atoms with van der Waals surface area (Å²) in [5, 5.41) is 2.97. The molecule has 20 heavy (non-hydrogen) atoms. The summed E-state index contributed by atoms with van der Waals surface area (Å²) in [6.45, 7) is 2.36. The molecule has 4 heteroatoms. The summed E-state index contributed by atoms with van der Waals surface area (Å²) in [5.74, 6) is 0.583. The van der Waals surface area contributed by atoms with Crippen molar-refractivity contribution in [3.05, 3.63) is 59.5 Å². The Bertz CT molecular complexity index is 549. The molecule has 2 aromatic rings.